The molecule has 0 unspecified atom stereocenters. The SMILES string of the molecule is CCOC(=O)c1c(CN(C)Cc2cccs2)nc2ccccc2c1C. The van der Waals surface area contributed by atoms with Gasteiger partial charge >= 0.3 is 5.97 Å². The first kappa shape index (κ1) is 17.6. The monoisotopic (exact) mass is 354 g/mol. The van der Waals surface area contributed by atoms with E-state index in [0.717, 1.165) is 28.7 Å². The van der Waals surface area contributed by atoms with Crippen LogP contribution in [0.25, 0.3) is 10.9 Å². The Kier molecular flexibility index (Phi) is 5.46. The van der Waals surface area contributed by atoms with E-state index in [1.165, 1.54) is 4.88 Å². The minimum atomic E-state index is -0.294. The number of benzene rings is 1. The van der Waals surface area contributed by atoms with Crippen molar-refractivity contribution in [3.05, 3.63) is 63.5 Å². The van der Waals surface area contributed by atoms with Crippen LogP contribution in [0.1, 0.15) is 33.4 Å². The molecule has 4 nitrogen and oxygen atoms in total. The summed E-state index contributed by atoms with van der Waals surface area (Å²) in [6, 6.07) is 12.1. The molecule has 0 amide bonds. The zero-order chi connectivity index (χ0) is 17.8. The molecule has 0 bridgehead atoms. The Morgan fingerprint density at radius 1 is 1.20 bits per heavy atom. The molecular weight excluding hydrogens is 332 g/mol. The molecule has 1 aromatic carbocycles. The maximum Gasteiger partial charge on any atom is 0.340 e. The van der Waals surface area contributed by atoms with Crippen molar-refractivity contribution in [2.45, 2.75) is 26.9 Å². The van der Waals surface area contributed by atoms with Gasteiger partial charge < -0.3 is 4.74 Å². The number of ether oxygens (including phenoxy) is 1. The third kappa shape index (κ3) is 3.89. The van der Waals surface area contributed by atoms with Gasteiger partial charge in [-0.15, -0.1) is 11.3 Å². The molecule has 25 heavy (non-hydrogen) atoms. The summed E-state index contributed by atoms with van der Waals surface area (Å²) in [4.78, 5) is 20.8. The van der Waals surface area contributed by atoms with Crippen molar-refractivity contribution >= 4 is 28.2 Å². The predicted molar refractivity (Wildman–Crippen MR) is 102 cm³/mol. The van der Waals surface area contributed by atoms with Gasteiger partial charge in [0, 0.05) is 23.4 Å². The van der Waals surface area contributed by atoms with E-state index in [0.29, 0.717) is 18.7 Å². The molecule has 3 aromatic rings. The quantitative estimate of drug-likeness (QED) is 0.615. The van der Waals surface area contributed by atoms with Crippen molar-refractivity contribution in [2.75, 3.05) is 13.7 Å². The summed E-state index contributed by atoms with van der Waals surface area (Å²) >= 11 is 1.73. The van der Waals surface area contributed by atoms with Crippen molar-refractivity contribution < 1.29 is 9.53 Å². The third-order valence-electron chi connectivity index (χ3n) is 4.13. The minimum absolute atomic E-state index is 0.294. The molecule has 0 spiro atoms. The summed E-state index contributed by atoms with van der Waals surface area (Å²) < 4.78 is 5.29. The largest absolute Gasteiger partial charge is 0.462 e. The van der Waals surface area contributed by atoms with Crippen LogP contribution in [0.4, 0.5) is 0 Å². The molecule has 0 aliphatic carbocycles. The van der Waals surface area contributed by atoms with Gasteiger partial charge in [-0.25, -0.2) is 4.79 Å². The number of hydrogen-bond donors (Lipinski definition) is 0. The summed E-state index contributed by atoms with van der Waals surface area (Å²) in [5, 5.41) is 3.07. The van der Waals surface area contributed by atoms with Gasteiger partial charge in [-0.05, 0) is 44.0 Å². The van der Waals surface area contributed by atoms with Crippen LogP contribution in [0.2, 0.25) is 0 Å². The number of carbonyl (C=O) groups excluding carboxylic acids is 1. The van der Waals surface area contributed by atoms with Crippen LogP contribution in [0.3, 0.4) is 0 Å². The Bertz CT molecular complexity index is 875. The lowest BCUT2D eigenvalue weighted by Gasteiger charge is -2.19. The van der Waals surface area contributed by atoms with E-state index >= 15 is 0 Å². The molecule has 0 fully saturated rings. The molecule has 2 aromatic heterocycles. The summed E-state index contributed by atoms with van der Waals surface area (Å²) in [6.45, 7) is 5.57. The number of hydrogen-bond acceptors (Lipinski definition) is 5. The average Bonchev–Trinajstić information content (AvgIpc) is 3.08. The zero-order valence-corrected chi connectivity index (χ0v) is 15.6. The number of nitrogens with zero attached hydrogens (tertiary/aromatic N) is 2. The van der Waals surface area contributed by atoms with Gasteiger partial charge in [-0.1, -0.05) is 24.3 Å². The number of aryl methyl sites for hydroxylation is 1. The normalized spacial score (nSPS) is 11.2. The second kappa shape index (κ2) is 7.76. The predicted octanol–water partition coefficient (Wildman–Crippen LogP) is 4.41. The van der Waals surface area contributed by atoms with Crippen LogP contribution >= 0.6 is 11.3 Å². The van der Waals surface area contributed by atoms with Crippen molar-refractivity contribution in [1.82, 2.24) is 9.88 Å². The molecule has 0 saturated carbocycles. The highest BCUT2D eigenvalue weighted by Gasteiger charge is 2.20. The zero-order valence-electron chi connectivity index (χ0n) is 14.8. The van der Waals surface area contributed by atoms with Gasteiger partial charge in [0.2, 0.25) is 0 Å². The standard InChI is InChI=1S/C20H22N2O2S/c1-4-24-20(23)19-14(2)16-9-5-6-10-17(16)21-18(19)13-22(3)12-15-8-7-11-25-15/h5-11H,4,12-13H2,1-3H3. The molecule has 0 N–H and O–H groups in total. The lowest BCUT2D eigenvalue weighted by atomic mass is 10.0. The van der Waals surface area contributed by atoms with Crippen molar-refractivity contribution in [2.24, 2.45) is 0 Å². The summed E-state index contributed by atoms with van der Waals surface area (Å²) in [7, 11) is 2.04. The number of thiophene rings is 1. The third-order valence-corrected chi connectivity index (χ3v) is 4.99. The van der Waals surface area contributed by atoms with Gasteiger partial charge in [0.1, 0.15) is 0 Å². The Balaban J connectivity index is 1.99. The number of aromatic nitrogens is 1. The van der Waals surface area contributed by atoms with Crippen molar-refractivity contribution in [3.8, 4) is 0 Å². The number of rotatable bonds is 6. The molecule has 0 aliphatic rings. The average molecular weight is 354 g/mol. The first-order valence-electron chi connectivity index (χ1n) is 8.36. The van der Waals surface area contributed by atoms with E-state index in [9.17, 15) is 4.79 Å². The van der Waals surface area contributed by atoms with Crippen LogP contribution in [-0.2, 0) is 17.8 Å². The maximum absolute atomic E-state index is 12.5. The fourth-order valence-corrected chi connectivity index (χ4v) is 3.79. The molecule has 2 heterocycles. The Morgan fingerprint density at radius 2 is 2.00 bits per heavy atom. The first-order valence-corrected chi connectivity index (χ1v) is 9.24. The smallest absolute Gasteiger partial charge is 0.340 e. The summed E-state index contributed by atoms with van der Waals surface area (Å²) in [5.74, 6) is -0.294. The Morgan fingerprint density at radius 3 is 2.72 bits per heavy atom. The maximum atomic E-state index is 12.5. The van der Waals surface area contributed by atoms with E-state index in [1.54, 1.807) is 11.3 Å². The fraction of sp³-hybridized carbons (Fsp3) is 0.300. The van der Waals surface area contributed by atoms with Crippen LogP contribution in [0, 0.1) is 6.92 Å². The highest BCUT2D eigenvalue weighted by Crippen LogP contribution is 2.25. The van der Waals surface area contributed by atoms with E-state index in [-0.39, 0.29) is 5.97 Å². The number of fused-ring (bicyclic) bond motifs is 1. The number of esters is 1. The van der Waals surface area contributed by atoms with Crippen molar-refractivity contribution in [3.63, 3.8) is 0 Å². The van der Waals surface area contributed by atoms with E-state index < -0.39 is 0 Å². The molecule has 0 atom stereocenters. The highest BCUT2D eigenvalue weighted by atomic mass is 32.1. The number of para-hydroxylation sites is 1. The molecule has 0 radical (unpaired) electrons. The summed E-state index contributed by atoms with van der Waals surface area (Å²) in [5.41, 5.74) is 3.21. The lowest BCUT2D eigenvalue weighted by Crippen LogP contribution is -2.21. The van der Waals surface area contributed by atoms with E-state index in [4.69, 9.17) is 9.72 Å². The molecular formula is C20H22N2O2S. The fourth-order valence-electron chi connectivity index (χ4n) is 3.01. The molecule has 130 valence electrons. The van der Waals surface area contributed by atoms with E-state index in [2.05, 4.69) is 22.4 Å². The van der Waals surface area contributed by atoms with Crippen LogP contribution in [0.15, 0.2) is 41.8 Å². The second-order valence-corrected chi connectivity index (χ2v) is 7.08. The van der Waals surface area contributed by atoms with Gasteiger partial charge in [-0.3, -0.25) is 9.88 Å². The lowest BCUT2D eigenvalue weighted by molar-refractivity contribution is 0.0523. The molecule has 0 saturated heterocycles. The molecule has 5 heteroatoms. The second-order valence-electron chi connectivity index (χ2n) is 6.05. The van der Waals surface area contributed by atoms with Gasteiger partial charge in [0.15, 0.2) is 0 Å². The van der Waals surface area contributed by atoms with Crippen LogP contribution in [0.5, 0.6) is 0 Å². The van der Waals surface area contributed by atoms with Gasteiger partial charge in [-0.2, -0.15) is 0 Å². The van der Waals surface area contributed by atoms with E-state index in [1.807, 2.05) is 45.2 Å². The topological polar surface area (TPSA) is 42.4 Å². The Hall–Kier alpha value is -2.24. The number of pyridine rings is 1. The van der Waals surface area contributed by atoms with Crippen LogP contribution in [-0.4, -0.2) is 29.5 Å². The van der Waals surface area contributed by atoms with Gasteiger partial charge in [0.05, 0.1) is 23.4 Å². The molecule has 0 aliphatic heterocycles. The first-order chi connectivity index (χ1) is 12.1. The Labute approximate surface area is 152 Å². The highest BCUT2D eigenvalue weighted by molar-refractivity contribution is 7.09. The number of carbonyl (C=O) groups is 1. The van der Waals surface area contributed by atoms with Crippen LogP contribution < -0.4 is 0 Å². The van der Waals surface area contributed by atoms with Gasteiger partial charge in [0.25, 0.3) is 0 Å². The minimum Gasteiger partial charge on any atom is -0.462 e. The van der Waals surface area contributed by atoms with Crippen molar-refractivity contribution in [1.29, 1.82) is 0 Å². The summed E-state index contributed by atoms with van der Waals surface area (Å²) in [6.07, 6.45) is 0. The molecule has 3 rings (SSSR count).